The third kappa shape index (κ3) is 2.68. The molecule has 0 atom stereocenters. The van der Waals surface area contributed by atoms with Crippen molar-refractivity contribution in [3.8, 4) is 0 Å². The van der Waals surface area contributed by atoms with Crippen LogP contribution in [-0.2, 0) is 4.74 Å². The monoisotopic (exact) mass is 284 g/mol. The molecular weight excluding hydrogens is 268 g/mol. The number of hydrogen-bond donors (Lipinski definition) is 1. The van der Waals surface area contributed by atoms with Crippen molar-refractivity contribution >= 4 is 15.9 Å². The zero-order valence-electron chi connectivity index (χ0n) is 9.72. The van der Waals surface area contributed by atoms with Crippen molar-refractivity contribution in [3.05, 3.63) is 33.7 Å². The molecule has 1 N–H and O–H groups in total. The molecule has 1 aliphatic heterocycles. The highest BCUT2D eigenvalue weighted by atomic mass is 79.9. The predicted molar refractivity (Wildman–Crippen MR) is 69.2 cm³/mol. The Balaban J connectivity index is 2.01. The van der Waals surface area contributed by atoms with E-state index in [9.17, 15) is 0 Å². The minimum Gasteiger partial charge on any atom is -0.494 e. The molecule has 3 nitrogen and oxygen atoms in total. The Hall–Kier alpha value is -0.740. The molecule has 0 radical (unpaired) electrons. The maximum absolute atomic E-state index is 5.80. The summed E-state index contributed by atoms with van der Waals surface area (Å²) in [6.45, 7) is 2.50. The second-order valence-electron chi connectivity index (χ2n) is 4.26. The number of allylic oxidation sites excluding steroid dienone is 3. The van der Waals surface area contributed by atoms with Crippen LogP contribution in [0, 0.1) is 0 Å². The summed E-state index contributed by atoms with van der Waals surface area (Å²) in [6, 6.07) is 0. The van der Waals surface area contributed by atoms with Crippen LogP contribution in [0.1, 0.15) is 6.42 Å². The van der Waals surface area contributed by atoms with E-state index in [1.54, 1.807) is 0 Å². The first kappa shape index (κ1) is 11.7. The van der Waals surface area contributed by atoms with E-state index >= 15 is 0 Å². The average Bonchev–Trinajstić information content (AvgIpc) is 2.60. The molecule has 4 heteroatoms. The van der Waals surface area contributed by atoms with Crippen LogP contribution in [0.2, 0.25) is 0 Å². The van der Waals surface area contributed by atoms with Crippen LogP contribution in [0.5, 0.6) is 0 Å². The largest absolute Gasteiger partial charge is 0.494 e. The van der Waals surface area contributed by atoms with Gasteiger partial charge in [-0.1, -0.05) is 22.0 Å². The first-order valence-corrected chi connectivity index (χ1v) is 6.27. The second-order valence-corrected chi connectivity index (χ2v) is 5.27. The van der Waals surface area contributed by atoms with Gasteiger partial charge in [-0.3, -0.25) is 0 Å². The number of halogens is 1. The third-order valence-electron chi connectivity index (χ3n) is 2.65. The van der Waals surface area contributed by atoms with Crippen molar-refractivity contribution in [1.82, 2.24) is 10.2 Å². The van der Waals surface area contributed by atoms with Gasteiger partial charge < -0.3 is 15.0 Å². The Morgan fingerprint density at radius 1 is 1.50 bits per heavy atom. The lowest BCUT2D eigenvalue weighted by Crippen LogP contribution is -2.18. The predicted octanol–water partition coefficient (Wildman–Crippen LogP) is 1.99. The maximum atomic E-state index is 5.80. The van der Waals surface area contributed by atoms with E-state index in [1.165, 1.54) is 15.8 Å². The van der Waals surface area contributed by atoms with Crippen molar-refractivity contribution in [1.29, 1.82) is 0 Å². The highest BCUT2D eigenvalue weighted by Gasteiger charge is 2.21. The SMILES string of the molecule is CN(C)CCOC1=C2C=C(Br)CC=C2NC1. The summed E-state index contributed by atoms with van der Waals surface area (Å²) >= 11 is 3.53. The zero-order chi connectivity index (χ0) is 11.5. The Labute approximate surface area is 105 Å². The van der Waals surface area contributed by atoms with E-state index in [2.05, 4.69) is 52.4 Å². The topological polar surface area (TPSA) is 24.5 Å². The van der Waals surface area contributed by atoms with Gasteiger partial charge in [-0.05, 0) is 31.1 Å². The third-order valence-corrected chi connectivity index (χ3v) is 3.20. The van der Waals surface area contributed by atoms with Gasteiger partial charge in [0.1, 0.15) is 12.4 Å². The molecular formula is C12H17BrN2O. The summed E-state index contributed by atoms with van der Waals surface area (Å²) in [5, 5.41) is 3.35. The summed E-state index contributed by atoms with van der Waals surface area (Å²) in [7, 11) is 4.10. The molecule has 0 aromatic heterocycles. The number of hydrogen-bond acceptors (Lipinski definition) is 3. The number of nitrogens with one attached hydrogen (secondary N) is 1. The lowest BCUT2D eigenvalue weighted by atomic mass is 10.1. The molecule has 0 aromatic rings. The van der Waals surface area contributed by atoms with Crippen LogP contribution >= 0.6 is 15.9 Å². The van der Waals surface area contributed by atoms with Gasteiger partial charge in [0, 0.05) is 17.8 Å². The van der Waals surface area contributed by atoms with E-state index < -0.39 is 0 Å². The molecule has 0 bridgehead atoms. The summed E-state index contributed by atoms with van der Waals surface area (Å²) in [5.41, 5.74) is 2.42. The molecule has 0 aromatic carbocycles. The molecule has 88 valence electrons. The van der Waals surface area contributed by atoms with Gasteiger partial charge in [0.15, 0.2) is 0 Å². The van der Waals surface area contributed by atoms with Crippen LogP contribution in [-0.4, -0.2) is 38.7 Å². The standard InChI is InChI=1S/C12H17BrN2O/c1-15(2)5-6-16-12-8-14-11-4-3-9(13)7-10(11)12/h4,7,14H,3,5-6,8H2,1-2H3. The van der Waals surface area contributed by atoms with Gasteiger partial charge in [0.2, 0.25) is 0 Å². The van der Waals surface area contributed by atoms with Crippen LogP contribution in [0.25, 0.3) is 0 Å². The van der Waals surface area contributed by atoms with Crippen LogP contribution < -0.4 is 5.32 Å². The summed E-state index contributed by atoms with van der Waals surface area (Å²) in [4.78, 5) is 2.12. The molecule has 2 rings (SSSR count). The Morgan fingerprint density at radius 3 is 3.06 bits per heavy atom. The molecule has 2 aliphatic rings. The molecule has 0 unspecified atom stereocenters. The van der Waals surface area contributed by atoms with E-state index in [0.29, 0.717) is 0 Å². The first-order valence-electron chi connectivity index (χ1n) is 5.48. The quantitative estimate of drug-likeness (QED) is 0.855. The van der Waals surface area contributed by atoms with E-state index in [0.717, 1.165) is 31.9 Å². The lowest BCUT2D eigenvalue weighted by molar-refractivity contribution is 0.181. The molecule has 1 aliphatic carbocycles. The van der Waals surface area contributed by atoms with Gasteiger partial charge in [-0.25, -0.2) is 0 Å². The van der Waals surface area contributed by atoms with Crippen LogP contribution in [0.4, 0.5) is 0 Å². The molecule has 0 saturated heterocycles. The van der Waals surface area contributed by atoms with Crippen molar-refractivity contribution in [2.24, 2.45) is 0 Å². The highest BCUT2D eigenvalue weighted by Crippen LogP contribution is 2.30. The van der Waals surface area contributed by atoms with Crippen LogP contribution in [0.15, 0.2) is 33.7 Å². The van der Waals surface area contributed by atoms with Crippen molar-refractivity contribution < 1.29 is 4.74 Å². The summed E-state index contributed by atoms with van der Waals surface area (Å²) < 4.78 is 7.01. The molecule has 16 heavy (non-hydrogen) atoms. The molecule has 0 fully saturated rings. The van der Waals surface area contributed by atoms with Gasteiger partial charge in [-0.2, -0.15) is 0 Å². The van der Waals surface area contributed by atoms with Gasteiger partial charge in [0.25, 0.3) is 0 Å². The summed E-state index contributed by atoms with van der Waals surface area (Å²) in [6.07, 6.45) is 5.32. The first-order chi connectivity index (χ1) is 7.66. The van der Waals surface area contributed by atoms with E-state index in [-0.39, 0.29) is 0 Å². The Morgan fingerprint density at radius 2 is 2.31 bits per heavy atom. The highest BCUT2D eigenvalue weighted by molar-refractivity contribution is 9.11. The van der Waals surface area contributed by atoms with E-state index in [1.807, 2.05) is 0 Å². The minimum atomic E-state index is 0.742. The number of likely N-dealkylation sites (N-methyl/N-ethyl adjacent to an activating group) is 1. The maximum Gasteiger partial charge on any atom is 0.124 e. The fourth-order valence-electron chi connectivity index (χ4n) is 1.75. The smallest absolute Gasteiger partial charge is 0.124 e. The normalized spacial score (nSPS) is 19.2. The molecule has 0 amide bonds. The second kappa shape index (κ2) is 5.06. The molecule has 0 spiro atoms. The number of nitrogens with zero attached hydrogens (tertiary/aromatic N) is 1. The number of fused-ring (bicyclic) bond motifs is 1. The Kier molecular flexibility index (Phi) is 3.71. The van der Waals surface area contributed by atoms with E-state index in [4.69, 9.17) is 4.74 Å². The minimum absolute atomic E-state index is 0.742. The van der Waals surface area contributed by atoms with Gasteiger partial charge >= 0.3 is 0 Å². The lowest BCUT2D eigenvalue weighted by Gasteiger charge is -2.12. The fraction of sp³-hybridized carbons (Fsp3) is 0.500. The summed E-state index contributed by atoms with van der Waals surface area (Å²) in [5.74, 6) is 1.06. The van der Waals surface area contributed by atoms with Crippen molar-refractivity contribution in [2.75, 3.05) is 33.8 Å². The fourth-order valence-corrected chi connectivity index (χ4v) is 2.14. The zero-order valence-corrected chi connectivity index (χ0v) is 11.3. The molecule has 0 saturated carbocycles. The Bertz CT molecular complexity index is 369. The van der Waals surface area contributed by atoms with Gasteiger partial charge in [0.05, 0.1) is 6.54 Å². The average molecular weight is 285 g/mol. The molecule has 1 heterocycles. The van der Waals surface area contributed by atoms with Crippen LogP contribution in [0.3, 0.4) is 0 Å². The van der Waals surface area contributed by atoms with Crippen molar-refractivity contribution in [2.45, 2.75) is 6.42 Å². The van der Waals surface area contributed by atoms with Crippen molar-refractivity contribution in [3.63, 3.8) is 0 Å². The number of rotatable bonds is 4. The number of ether oxygens (including phenoxy) is 1. The van der Waals surface area contributed by atoms with Gasteiger partial charge in [-0.15, -0.1) is 0 Å².